The molecule has 2 heterocycles. The summed E-state index contributed by atoms with van der Waals surface area (Å²) in [6.45, 7) is 1.95. The molecule has 1 N–H and O–H groups in total. The molecule has 0 saturated heterocycles. The summed E-state index contributed by atoms with van der Waals surface area (Å²) in [5.41, 5.74) is 1.68. The zero-order chi connectivity index (χ0) is 16.1. The zero-order valence-corrected chi connectivity index (χ0v) is 14.0. The smallest absolute Gasteiger partial charge is 0.277 e. The van der Waals surface area contributed by atoms with Crippen molar-refractivity contribution >= 4 is 34.7 Å². The van der Waals surface area contributed by atoms with Crippen LogP contribution in [-0.2, 0) is 11.2 Å². The quantitative estimate of drug-likeness (QED) is 0.691. The number of amides is 1. The molecule has 2 aromatic heterocycles. The van der Waals surface area contributed by atoms with Crippen LogP contribution in [0.4, 0.5) is 5.69 Å². The van der Waals surface area contributed by atoms with Crippen LogP contribution in [0.1, 0.15) is 16.6 Å². The molecule has 0 radical (unpaired) electrons. The second-order valence-electron chi connectivity index (χ2n) is 4.70. The van der Waals surface area contributed by atoms with Crippen LogP contribution in [0.2, 0.25) is 0 Å². The van der Waals surface area contributed by atoms with Crippen molar-refractivity contribution in [2.45, 2.75) is 18.6 Å². The number of nitrogens with zero attached hydrogens (tertiary/aromatic N) is 3. The second kappa shape index (κ2) is 7.38. The van der Waals surface area contributed by atoms with Crippen molar-refractivity contribution in [2.75, 3.05) is 11.1 Å². The van der Waals surface area contributed by atoms with Crippen molar-refractivity contribution in [1.29, 1.82) is 0 Å². The Morgan fingerprint density at radius 3 is 2.87 bits per heavy atom. The minimum absolute atomic E-state index is 0.115. The van der Waals surface area contributed by atoms with Crippen LogP contribution in [0.25, 0.3) is 0 Å². The first kappa shape index (κ1) is 15.7. The summed E-state index contributed by atoms with van der Waals surface area (Å²) in [5, 5.41) is 14.1. The predicted molar refractivity (Wildman–Crippen MR) is 89.8 cm³/mol. The first-order chi connectivity index (χ1) is 11.2. The van der Waals surface area contributed by atoms with Gasteiger partial charge >= 0.3 is 0 Å². The number of para-hydroxylation sites is 1. The largest absolute Gasteiger partial charge is 0.416 e. The summed E-state index contributed by atoms with van der Waals surface area (Å²) in [6, 6.07) is 9.31. The van der Waals surface area contributed by atoms with E-state index in [1.54, 1.807) is 11.3 Å². The highest BCUT2D eigenvalue weighted by molar-refractivity contribution is 7.99. The lowest BCUT2D eigenvalue weighted by molar-refractivity contribution is -0.113. The standard InChI is InChI=1S/C15H14N4O2S2/c1-10-16-12(8-22-10)7-14-18-19-15(21-14)23-9-13(20)17-11-5-3-2-4-6-11/h2-6,8H,7,9H2,1H3,(H,17,20). The monoisotopic (exact) mass is 346 g/mol. The number of benzene rings is 1. The minimum Gasteiger partial charge on any atom is -0.416 e. The molecule has 3 rings (SSSR count). The van der Waals surface area contributed by atoms with E-state index < -0.39 is 0 Å². The molecular formula is C15H14N4O2S2. The summed E-state index contributed by atoms with van der Waals surface area (Å²) < 4.78 is 5.52. The van der Waals surface area contributed by atoms with Crippen LogP contribution in [0.15, 0.2) is 45.4 Å². The molecule has 8 heteroatoms. The van der Waals surface area contributed by atoms with Crippen LogP contribution in [0.3, 0.4) is 0 Å². The van der Waals surface area contributed by atoms with Crippen LogP contribution < -0.4 is 5.32 Å². The number of thiazole rings is 1. The van der Waals surface area contributed by atoms with Gasteiger partial charge in [-0.25, -0.2) is 4.98 Å². The van der Waals surface area contributed by atoms with E-state index in [0.717, 1.165) is 16.4 Å². The van der Waals surface area contributed by atoms with E-state index in [1.165, 1.54) is 11.8 Å². The van der Waals surface area contributed by atoms with E-state index in [9.17, 15) is 4.79 Å². The van der Waals surface area contributed by atoms with Crippen LogP contribution in [0, 0.1) is 6.92 Å². The maximum Gasteiger partial charge on any atom is 0.277 e. The van der Waals surface area contributed by atoms with Crippen LogP contribution in [-0.4, -0.2) is 26.8 Å². The van der Waals surface area contributed by atoms with E-state index >= 15 is 0 Å². The lowest BCUT2D eigenvalue weighted by atomic mass is 10.3. The molecule has 1 amide bonds. The fourth-order valence-corrected chi connectivity index (χ4v) is 3.05. The third kappa shape index (κ3) is 4.64. The SMILES string of the molecule is Cc1nc(Cc2nnc(SCC(=O)Nc3ccccc3)o2)cs1. The molecule has 0 unspecified atom stereocenters. The van der Waals surface area contributed by atoms with Gasteiger partial charge in [-0.1, -0.05) is 30.0 Å². The van der Waals surface area contributed by atoms with Gasteiger partial charge in [-0.15, -0.1) is 21.5 Å². The molecule has 1 aromatic carbocycles. The van der Waals surface area contributed by atoms with Crippen molar-refractivity contribution in [3.05, 3.63) is 52.3 Å². The third-order valence-electron chi connectivity index (χ3n) is 2.83. The molecule has 0 fully saturated rings. The van der Waals surface area contributed by atoms with Crippen LogP contribution in [0.5, 0.6) is 0 Å². The number of hydrogen-bond acceptors (Lipinski definition) is 7. The molecule has 23 heavy (non-hydrogen) atoms. The Bertz CT molecular complexity index is 786. The van der Waals surface area contributed by atoms with Crippen molar-refractivity contribution < 1.29 is 9.21 Å². The molecule has 0 spiro atoms. The van der Waals surface area contributed by atoms with Gasteiger partial charge in [-0.2, -0.15) is 0 Å². The fourth-order valence-electron chi connectivity index (χ4n) is 1.86. The maximum absolute atomic E-state index is 11.9. The molecular weight excluding hydrogens is 332 g/mol. The van der Waals surface area contributed by atoms with Crippen molar-refractivity contribution in [1.82, 2.24) is 15.2 Å². The Morgan fingerprint density at radius 2 is 2.13 bits per heavy atom. The Balaban J connectivity index is 1.50. The Kier molecular flexibility index (Phi) is 5.04. The lowest BCUT2D eigenvalue weighted by Gasteiger charge is -2.02. The number of thioether (sulfide) groups is 1. The van der Waals surface area contributed by atoms with Gasteiger partial charge in [-0.05, 0) is 19.1 Å². The van der Waals surface area contributed by atoms with Gasteiger partial charge < -0.3 is 9.73 Å². The second-order valence-corrected chi connectivity index (χ2v) is 6.69. The van der Waals surface area contributed by atoms with Crippen molar-refractivity contribution in [3.63, 3.8) is 0 Å². The highest BCUT2D eigenvalue weighted by Crippen LogP contribution is 2.19. The minimum atomic E-state index is -0.115. The van der Waals surface area contributed by atoms with E-state index in [-0.39, 0.29) is 11.7 Å². The average Bonchev–Trinajstić information content (AvgIpc) is 3.16. The first-order valence-electron chi connectivity index (χ1n) is 6.90. The first-order valence-corrected chi connectivity index (χ1v) is 8.76. The molecule has 0 aliphatic rings. The molecule has 6 nitrogen and oxygen atoms in total. The van der Waals surface area contributed by atoms with Crippen molar-refractivity contribution in [3.8, 4) is 0 Å². The molecule has 0 saturated carbocycles. The molecule has 0 atom stereocenters. The molecule has 118 valence electrons. The van der Waals surface area contributed by atoms with Gasteiger partial charge in [-0.3, -0.25) is 4.79 Å². The molecule has 0 aliphatic heterocycles. The zero-order valence-electron chi connectivity index (χ0n) is 12.4. The summed E-state index contributed by atoms with van der Waals surface area (Å²) in [4.78, 5) is 16.2. The third-order valence-corrected chi connectivity index (χ3v) is 4.47. The Labute approximate surface area is 141 Å². The predicted octanol–water partition coefficient (Wildman–Crippen LogP) is 3.16. The van der Waals surface area contributed by atoms with E-state index in [2.05, 4.69) is 20.5 Å². The van der Waals surface area contributed by atoms with Gasteiger partial charge in [0.25, 0.3) is 5.22 Å². The average molecular weight is 346 g/mol. The summed E-state index contributed by atoms with van der Waals surface area (Å²) in [7, 11) is 0. The number of nitrogens with one attached hydrogen (secondary N) is 1. The number of anilines is 1. The number of carbonyl (C=O) groups is 1. The number of aryl methyl sites for hydroxylation is 1. The highest BCUT2D eigenvalue weighted by atomic mass is 32.2. The normalized spacial score (nSPS) is 10.7. The van der Waals surface area contributed by atoms with Gasteiger partial charge in [0.05, 0.1) is 22.9 Å². The number of aromatic nitrogens is 3. The summed E-state index contributed by atoms with van der Waals surface area (Å²) >= 11 is 2.80. The van der Waals surface area contributed by atoms with E-state index in [4.69, 9.17) is 4.42 Å². The van der Waals surface area contributed by atoms with Gasteiger partial charge in [0.1, 0.15) is 0 Å². The van der Waals surface area contributed by atoms with E-state index in [1.807, 2.05) is 42.6 Å². The number of hydrogen-bond donors (Lipinski definition) is 1. The molecule has 0 aliphatic carbocycles. The molecule has 3 aromatic rings. The van der Waals surface area contributed by atoms with Gasteiger partial charge in [0.2, 0.25) is 11.8 Å². The van der Waals surface area contributed by atoms with Gasteiger partial charge in [0, 0.05) is 11.1 Å². The van der Waals surface area contributed by atoms with Crippen LogP contribution >= 0.6 is 23.1 Å². The van der Waals surface area contributed by atoms with Crippen molar-refractivity contribution in [2.24, 2.45) is 0 Å². The van der Waals surface area contributed by atoms with E-state index in [0.29, 0.717) is 17.5 Å². The topological polar surface area (TPSA) is 80.9 Å². The summed E-state index contributed by atoms with van der Waals surface area (Å²) in [6.07, 6.45) is 0.508. The number of rotatable bonds is 6. The maximum atomic E-state index is 11.9. The Hall–Kier alpha value is -2.19. The highest BCUT2D eigenvalue weighted by Gasteiger charge is 2.11. The van der Waals surface area contributed by atoms with Gasteiger partial charge in [0.15, 0.2) is 0 Å². The fraction of sp³-hybridized carbons (Fsp3) is 0.200. The Morgan fingerprint density at radius 1 is 1.30 bits per heavy atom. The molecule has 0 bridgehead atoms. The number of carbonyl (C=O) groups excluding carboxylic acids is 1. The lowest BCUT2D eigenvalue weighted by Crippen LogP contribution is -2.13. The summed E-state index contributed by atoms with van der Waals surface area (Å²) in [5.74, 6) is 0.601.